The minimum atomic E-state index is 0.610. The summed E-state index contributed by atoms with van der Waals surface area (Å²) >= 11 is 6.01. The molecule has 2 rings (SSSR count). The summed E-state index contributed by atoms with van der Waals surface area (Å²) < 4.78 is 5.47. The lowest BCUT2D eigenvalue weighted by molar-refractivity contribution is 0.340. The van der Waals surface area contributed by atoms with Gasteiger partial charge in [0.1, 0.15) is 5.75 Å². The van der Waals surface area contributed by atoms with Gasteiger partial charge >= 0.3 is 0 Å². The maximum atomic E-state index is 6.01. The molecule has 0 amide bonds. The largest absolute Gasteiger partial charge is 0.494 e. The molecule has 0 aromatic heterocycles. The summed E-state index contributed by atoms with van der Waals surface area (Å²) in [6.45, 7) is 4.57. The van der Waals surface area contributed by atoms with Gasteiger partial charge in [-0.05, 0) is 37.6 Å². The Bertz CT molecular complexity index is 584. The Morgan fingerprint density at radius 1 is 1.21 bits per heavy atom. The molecule has 0 saturated carbocycles. The molecule has 0 fully saturated rings. The van der Waals surface area contributed by atoms with Crippen molar-refractivity contribution in [1.29, 1.82) is 0 Å². The van der Waals surface area contributed by atoms with E-state index in [1.54, 1.807) is 6.07 Å². The van der Waals surface area contributed by atoms with Crippen LogP contribution in [0.15, 0.2) is 36.4 Å². The van der Waals surface area contributed by atoms with E-state index in [9.17, 15) is 0 Å². The number of hydrogen-bond donors (Lipinski definition) is 2. The van der Waals surface area contributed by atoms with Gasteiger partial charge in [-0.3, -0.25) is 0 Å². The summed E-state index contributed by atoms with van der Waals surface area (Å²) in [7, 11) is 0. The summed E-state index contributed by atoms with van der Waals surface area (Å²) in [5.41, 5.74) is 9.48. The number of nitrogen functional groups attached to an aromatic ring is 1. The average Bonchev–Trinajstić information content (AvgIpc) is 2.33. The number of ether oxygens (including phenoxy) is 1. The second-order valence-corrected chi connectivity index (χ2v) is 4.74. The normalized spacial score (nSPS) is 10.3. The first kappa shape index (κ1) is 13.6. The molecular formula is C15H17ClN2O. The van der Waals surface area contributed by atoms with Crippen LogP contribution in [-0.2, 0) is 0 Å². The maximum Gasteiger partial charge on any atom is 0.123 e. The second-order valence-electron chi connectivity index (χ2n) is 4.31. The highest BCUT2D eigenvalue weighted by atomic mass is 35.5. The summed E-state index contributed by atoms with van der Waals surface area (Å²) in [6, 6.07) is 11.3. The van der Waals surface area contributed by atoms with Crippen molar-refractivity contribution in [3.8, 4) is 5.75 Å². The number of hydrogen-bond acceptors (Lipinski definition) is 3. The van der Waals surface area contributed by atoms with Crippen LogP contribution in [-0.4, -0.2) is 6.61 Å². The molecule has 3 nitrogen and oxygen atoms in total. The van der Waals surface area contributed by atoms with Crippen LogP contribution in [0.1, 0.15) is 12.5 Å². The van der Waals surface area contributed by atoms with Gasteiger partial charge in [0.05, 0.1) is 6.61 Å². The number of aryl methyl sites for hydroxylation is 1. The SMILES string of the molecule is CCOc1cc(N)cc(Nc2cc(Cl)ccc2C)c1. The van der Waals surface area contributed by atoms with E-state index in [-0.39, 0.29) is 0 Å². The quantitative estimate of drug-likeness (QED) is 0.815. The minimum absolute atomic E-state index is 0.610. The standard InChI is InChI=1S/C15H17ClN2O/c1-3-19-14-8-12(17)7-13(9-14)18-15-6-11(16)5-4-10(15)2/h4-9,18H,3,17H2,1-2H3. The van der Waals surface area contributed by atoms with Crippen LogP contribution in [0.5, 0.6) is 5.75 Å². The van der Waals surface area contributed by atoms with Crippen LogP contribution in [0, 0.1) is 6.92 Å². The van der Waals surface area contributed by atoms with E-state index in [1.807, 2.05) is 44.2 Å². The van der Waals surface area contributed by atoms with E-state index in [2.05, 4.69) is 5.32 Å². The van der Waals surface area contributed by atoms with Crippen molar-refractivity contribution < 1.29 is 4.74 Å². The van der Waals surface area contributed by atoms with E-state index in [0.717, 1.165) is 22.7 Å². The van der Waals surface area contributed by atoms with E-state index in [1.165, 1.54) is 0 Å². The molecule has 0 spiro atoms. The lowest BCUT2D eigenvalue weighted by atomic mass is 10.2. The van der Waals surface area contributed by atoms with Gasteiger partial charge in [0, 0.05) is 34.2 Å². The average molecular weight is 277 g/mol. The monoisotopic (exact) mass is 276 g/mol. The van der Waals surface area contributed by atoms with E-state index < -0.39 is 0 Å². The molecule has 0 radical (unpaired) electrons. The highest BCUT2D eigenvalue weighted by Crippen LogP contribution is 2.28. The van der Waals surface area contributed by atoms with Crippen LogP contribution in [0.25, 0.3) is 0 Å². The van der Waals surface area contributed by atoms with Crippen molar-refractivity contribution in [3.05, 3.63) is 47.0 Å². The highest BCUT2D eigenvalue weighted by molar-refractivity contribution is 6.30. The predicted molar refractivity (Wildman–Crippen MR) is 81.5 cm³/mol. The van der Waals surface area contributed by atoms with Gasteiger partial charge in [-0.15, -0.1) is 0 Å². The first-order valence-corrected chi connectivity index (χ1v) is 6.53. The molecule has 0 aliphatic heterocycles. The Morgan fingerprint density at radius 2 is 2.00 bits per heavy atom. The van der Waals surface area contributed by atoms with E-state index >= 15 is 0 Å². The number of halogens is 1. The Morgan fingerprint density at radius 3 is 2.74 bits per heavy atom. The summed E-state index contributed by atoms with van der Waals surface area (Å²) in [5, 5.41) is 4.00. The number of nitrogens with two attached hydrogens (primary N) is 1. The summed E-state index contributed by atoms with van der Waals surface area (Å²) in [4.78, 5) is 0. The number of rotatable bonds is 4. The molecular weight excluding hydrogens is 260 g/mol. The third-order valence-corrected chi connectivity index (χ3v) is 2.95. The summed E-state index contributed by atoms with van der Waals surface area (Å²) in [5.74, 6) is 0.754. The molecule has 0 aliphatic carbocycles. The molecule has 2 aromatic rings. The molecule has 0 heterocycles. The first-order chi connectivity index (χ1) is 9.08. The van der Waals surface area contributed by atoms with Gasteiger partial charge in [-0.2, -0.15) is 0 Å². The van der Waals surface area contributed by atoms with Crippen LogP contribution >= 0.6 is 11.6 Å². The number of benzene rings is 2. The first-order valence-electron chi connectivity index (χ1n) is 6.15. The van der Waals surface area contributed by atoms with E-state index in [4.69, 9.17) is 22.1 Å². The molecule has 0 bridgehead atoms. The Balaban J connectivity index is 2.29. The minimum Gasteiger partial charge on any atom is -0.494 e. The molecule has 100 valence electrons. The fraction of sp³-hybridized carbons (Fsp3) is 0.200. The third-order valence-electron chi connectivity index (χ3n) is 2.72. The molecule has 4 heteroatoms. The lowest BCUT2D eigenvalue weighted by Crippen LogP contribution is -1.98. The molecule has 3 N–H and O–H groups in total. The molecule has 0 aliphatic rings. The second kappa shape index (κ2) is 5.85. The fourth-order valence-corrected chi connectivity index (χ4v) is 2.00. The Hall–Kier alpha value is -1.87. The van der Waals surface area contributed by atoms with Crippen LogP contribution in [0.2, 0.25) is 5.02 Å². The zero-order valence-corrected chi connectivity index (χ0v) is 11.8. The molecule has 2 aromatic carbocycles. The molecule has 19 heavy (non-hydrogen) atoms. The van der Waals surface area contributed by atoms with Gasteiger partial charge in [-0.25, -0.2) is 0 Å². The van der Waals surface area contributed by atoms with E-state index in [0.29, 0.717) is 17.3 Å². The third kappa shape index (κ3) is 3.55. The van der Waals surface area contributed by atoms with Crippen molar-refractivity contribution in [1.82, 2.24) is 0 Å². The molecule has 0 saturated heterocycles. The van der Waals surface area contributed by atoms with Crippen LogP contribution in [0.3, 0.4) is 0 Å². The Labute approximate surface area is 118 Å². The van der Waals surface area contributed by atoms with Crippen molar-refractivity contribution in [3.63, 3.8) is 0 Å². The van der Waals surface area contributed by atoms with Gasteiger partial charge in [0.2, 0.25) is 0 Å². The van der Waals surface area contributed by atoms with Gasteiger partial charge in [0.25, 0.3) is 0 Å². The van der Waals surface area contributed by atoms with Crippen molar-refractivity contribution >= 4 is 28.7 Å². The van der Waals surface area contributed by atoms with Gasteiger partial charge < -0.3 is 15.8 Å². The Kier molecular flexibility index (Phi) is 4.17. The summed E-state index contributed by atoms with van der Waals surface area (Å²) in [6.07, 6.45) is 0. The lowest BCUT2D eigenvalue weighted by Gasteiger charge is -2.12. The van der Waals surface area contributed by atoms with Crippen molar-refractivity contribution in [2.45, 2.75) is 13.8 Å². The van der Waals surface area contributed by atoms with Crippen LogP contribution < -0.4 is 15.8 Å². The van der Waals surface area contributed by atoms with Crippen molar-refractivity contribution in [2.24, 2.45) is 0 Å². The zero-order chi connectivity index (χ0) is 13.8. The molecule has 0 unspecified atom stereocenters. The van der Waals surface area contributed by atoms with Gasteiger partial charge in [0.15, 0.2) is 0 Å². The topological polar surface area (TPSA) is 47.3 Å². The number of anilines is 3. The molecule has 0 atom stereocenters. The van der Waals surface area contributed by atoms with Crippen LogP contribution in [0.4, 0.5) is 17.1 Å². The van der Waals surface area contributed by atoms with Crippen molar-refractivity contribution in [2.75, 3.05) is 17.7 Å². The fourth-order valence-electron chi connectivity index (χ4n) is 1.83. The maximum absolute atomic E-state index is 6.01. The predicted octanol–water partition coefficient (Wildman–Crippen LogP) is 4.37. The van der Waals surface area contributed by atoms with Gasteiger partial charge in [-0.1, -0.05) is 17.7 Å². The number of nitrogens with one attached hydrogen (secondary N) is 1. The highest BCUT2D eigenvalue weighted by Gasteiger charge is 2.03. The zero-order valence-electron chi connectivity index (χ0n) is 11.0. The smallest absolute Gasteiger partial charge is 0.123 e.